The van der Waals surface area contributed by atoms with E-state index in [4.69, 9.17) is 9.47 Å². The van der Waals surface area contributed by atoms with Gasteiger partial charge in [0.05, 0.1) is 6.54 Å². The van der Waals surface area contributed by atoms with Crippen molar-refractivity contribution in [1.29, 1.82) is 0 Å². The van der Waals surface area contributed by atoms with Crippen molar-refractivity contribution in [2.45, 2.75) is 36.2 Å². The van der Waals surface area contributed by atoms with Crippen molar-refractivity contribution >= 4 is 27.7 Å². The van der Waals surface area contributed by atoms with Gasteiger partial charge in [-0.05, 0) is 36.1 Å². The van der Waals surface area contributed by atoms with E-state index in [9.17, 15) is 0 Å². The third-order valence-electron chi connectivity index (χ3n) is 4.77. The number of hydrogen-bond donors (Lipinski definition) is 0. The van der Waals surface area contributed by atoms with Crippen molar-refractivity contribution in [3.05, 3.63) is 63.9 Å². The van der Waals surface area contributed by atoms with E-state index in [1.54, 1.807) is 11.8 Å². The molecular weight excluding hydrogens is 426 g/mol. The molecule has 2 aromatic carbocycles. The summed E-state index contributed by atoms with van der Waals surface area (Å²) in [6, 6.07) is 14.5. The second kappa shape index (κ2) is 7.20. The number of thioether (sulfide) groups is 1. The van der Waals surface area contributed by atoms with E-state index in [0.29, 0.717) is 5.92 Å². The lowest BCUT2D eigenvalue weighted by Gasteiger charge is -2.11. The Morgan fingerprint density at radius 3 is 2.63 bits per heavy atom. The van der Waals surface area contributed by atoms with E-state index in [1.165, 1.54) is 18.4 Å². The first-order valence-corrected chi connectivity index (χ1v) is 10.7. The lowest BCUT2D eigenvalue weighted by atomic mass is 10.2. The predicted octanol–water partition coefficient (Wildman–Crippen LogP) is 4.99. The fraction of sp³-hybridized carbons (Fsp3) is 0.300. The smallest absolute Gasteiger partial charge is 0.231 e. The van der Waals surface area contributed by atoms with Crippen molar-refractivity contribution in [1.82, 2.24) is 14.8 Å². The van der Waals surface area contributed by atoms with Gasteiger partial charge in [-0.3, -0.25) is 0 Å². The summed E-state index contributed by atoms with van der Waals surface area (Å²) in [5, 5.41) is 9.96. The lowest BCUT2D eigenvalue weighted by Crippen LogP contribution is -2.06. The van der Waals surface area contributed by atoms with Gasteiger partial charge in [-0.15, -0.1) is 10.2 Å². The molecule has 0 bridgehead atoms. The molecule has 27 heavy (non-hydrogen) atoms. The van der Waals surface area contributed by atoms with E-state index < -0.39 is 0 Å². The average molecular weight is 444 g/mol. The maximum absolute atomic E-state index is 5.51. The first-order valence-electron chi connectivity index (χ1n) is 8.96. The van der Waals surface area contributed by atoms with E-state index in [2.05, 4.69) is 55.0 Å². The van der Waals surface area contributed by atoms with Crippen molar-refractivity contribution < 1.29 is 9.47 Å². The van der Waals surface area contributed by atoms with Crippen molar-refractivity contribution in [2.24, 2.45) is 0 Å². The van der Waals surface area contributed by atoms with Crippen molar-refractivity contribution in [3.63, 3.8) is 0 Å². The molecular formula is C20H18BrN3O2S. The molecule has 0 spiro atoms. The minimum Gasteiger partial charge on any atom is -0.454 e. The first kappa shape index (κ1) is 17.1. The minimum absolute atomic E-state index is 0.286. The fourth-order valence-corrected chi connectivity index (χ4v) is 4.76. The molecule has 0 N–H and O–H groups in total. The summed E-state index contributed by atoms with van der Waals surface area (Å²) in [7, 11) is 0. The molecule has 3 aromatic rings. The summed E-state index contributed by atoms with van der Waals surface area (Å²) in [4.78, 5) is 0. The third kappa shape index (κ3) is 3.58. The molecule has 1 saturated carbocycles. The first-order chi connectivity index (χ1) is 13.3. The maximum Gasteiger partial charge on any atom is 0.231 e. The quantitative estimate of drug-likeness (QED) is 0.502. The molecule has 5 rings (SSSR count). The Morgan fingerprint density at radius 2 is 1.85 bits per heavy atom. The van der Waals surface area contributed by atoms with Gasteiger partial charge in [0.1, 0.15) is 5.82 Å². The maximum atomic E-state index is 5.51. The summed E-state index contributed by atoms with van der Waals surface area (Å²) >= 11 is 5.35. The van der Waals surface area contributed by atoms with Gasteiger partial charge in [0.15, 0.2) is 16.7 Å². The largest absolute Gasteiger partial charge is 0.454 e. The summed E-state index contributed by atoms with van der Waals surface area (Å²) in [5.41, 5.74) is 2.43. The number of benzene rings is 2. The summed E-state index contributed by atoms with van der Waals surface area (Å²) < 4.78 is 14.2. The Balaban J connectivity index is 1.39. The molecule has 0 saturated heterocycles. The molecule has 138 valence electrons. The predicted molar refractivity (Wildman–Crippen MR) is 107 cm³/mol. The molecule has 2 heterocycles. The molecule has 5 nitrogen and oxygen atoms in total. The summed E-state index contributed by atoms with van der Waals surface area (Å²) in [6.45, 7) is 1.10. The topological polar surface area (TPSA) is 49.2 Å². The van der Waals surface area contributed by atoms with Crippen LogP contribution in [0.3, 0.4) is 0 Å². The van der Waals surface area contributed by atoms with Gasteiger partial charge >= 0.3 is 0 Å². The van der Waals surface area contributed by atoms with Crippen LogP contribution in [-0.4, -0.2) is 21.6 Å². The molecule has 0 radical (unpaired) electrons. The highest BCUT2D eigenvalue weighted by Gasteiger charge is 2.30. The molecule has 1 aliphatic heterocycles. The molecule has 0 unspecified atom stereocenters. The summed E-state index contributed by atoms with van der Waals surface area (Å²) in [6.07, 6.45) is 2.43. The van der Waals surface area contributed by atoms with Crippen molar-refractivity contribution in [3.8, 4) is 11.5 Å². The SMILES string of the molecule is Brc1cc2c(cc1CSc1nnc(C3CC3)n1Cc1ccccc1)OCO2. The molecule has 7 heteroatoms. The molecule has 1 aromatic heterocycles. The Morgan fingerprint density at radius 1 is 1.07 bits per heavy atom. The van der Waals surface area contributed by atoms with Crippen LogP contribution in [0.1, 0.15) is 35.7 Å². The van der Waals surface area contributed by atoms with Crippen LogP contribution in [0.2, 0.25) is 0 Å². The minimum atomic E-state index is 0.286. The van der Waals surface area contributed by atoms with Crippen LogP contribution in [0.4, 0.5) is 0 Å². The van der Waals surface area contributed by atoms with Gasteiger partial charge in [-0.25, -0.2) is 0 Å². The zero-order chi connectivity index (χ0) is 18.2. The molecule has 2 aliphatic rings. The number of fused-ring (bicyclic) bond motifs is 1. The van der Waals surface area contributed by atoms with E-state index in [-0.39, 0.29) is 6.79 Å². The standard InChI is InChI=1S/C20H18BrN3O2S/c21-16-9-18-17(25-12-26-18)8-15(16)11-27-20-23-22-19(14-6-7-14)24(20)10-13-4-2-1-3-5-13/h1-5,8-9,14H,6-7,10-12H2. The number of ether oxygens (including phenoxy) is 2. The molecule has 0 amide bonds. The van der Waals surface area contributed by atoms with Crippen LogP contribution in [0, 0.1) is 0 Å². The zero-order valence-corrected chi connectivity index (χ0v) is 17.0. The van der Waals surface area contributed by atoms with Crippen LogP contribution in [0.25, 0.3) is 0 Å². The Hall–Kier alpha value is -1.99. The van der Waals surface area contributed by atoms with E-state index in [1.807, 2.05) is 18.2 Å². The van der Waals surface area contributed by atoms with Crippen molar-refractivity contribution in [2.75, 3.05) is 6.79 Å². The van der Waals surface area contributed by atoms with Crippen LogP contribution in [0.5, 0.6) is 11.5 Å². The highest BCUT2D eigenvalue weighted by Crippen LogP contribution is 2.42. The van der Waals surface area contributed by atoms with Crippen LogP contribution in [-0.2, 0) is 12.3 Å². The van der Waals surface area contributed by atoms with Gasteiger partial charge in [-0.1, -0.05) is 58.0 Å². The number of halogens is 1. The Bertz CT molecular complexity index is 973. The van der Waals surface area contributed by atoms with Crippen LogP contribution < -0.4 is 9.47 Å². The highest BCUT2D eigenvalue weighted by atomic mass is 79.9. The second-order valence-electron chi connectivity index (χ2n) is 6.77. The summed E-state index contributed by atoms with van der Waals surface area (Å²) in [5.74, 6) is 4.06. The van der Waals surface area contributed by atoms with Gasteiger partial charge in [0, 0.05) is 16.1 Å². The number of hydrogen-bond acceptors (Lipinski definition) is 5. The van der Waals surface area contributed by atoms with E-state index in [0.717, 1.165) is 44.8 Å². The third-order valence-corrected chi connectivity index (χ3v) is 6.52. The molecule has 1 fully saturated rings. The van der Waals surface area contributed by atoms with Gasteiger partial charge < -0.3 is 14.0 Å². The number of aromatic nitrogens is 3. The Labute approximate surface area is 170 Å². The van der Waals surface area contributed by atoms with Crippen LogP contribution >= 0.6 is 27.7 Å². The zero-order valence-electron chi connectivity index (χ0n) is 14.6. The van der Waals surface area contributed by atoms with Gasteiger partial charge in [0.2, 0.25) is 6.79 Å². The monoisotopic (exact) mass is 443 g/mol. The number of nitrogens with zero attached hydrogens (tertiary/aromatic N) is 3. The average Bonchev–Trinajstić information content (AvgIpc) is 3.30. The lowest BCUT2D eigenvalue weighted by molar-refractivity contribution is 0.174. The molecule has 1 aliphatic carbocycles. The Kier molecular flexibility index (Phi) is 4.57. The van der Waals surface area contributed by atoms with Gasteiger partial charge in [-0.2, -0.15) is 0 Å². The fourth-order valence-electron chi connectivity index (χ4n) is 3.18. The normalized spacial score (nSPS) is 15.3. The molecule has 0 atom stereocenters. The second-order valence-corrected chi connectivity index (χ2v) is 8.57. The van der Waals surface area contributed by atoms with Gasteiger partial charge in [0.25, 0.3) is 0 Å². The van der Waals surface area contributed by atoms with E-state index >= 15 is 0 Å². The highest BCUT2D eigenvalue weighted by molar-refractivity contribution is 9.10. The van der Waals surface area contributed by atoms with Crippen LogP contribution in [0.15, 0.2) is 52.1 Å². The number of rotatable bonds is 6.